The zero-order valence-corrected chi connectivity index (χ0v) is 23.6. The van der Waals surface area contributed by atoms with E-state index in [2.05, 4.69) is 32.6 Å². The minimum absolute atomic E-state index is 0.00516. The Labute approximate surface area is 228 Å². The minimum atomic E-state index is -0.401. The van der Waals surface area contributed by atoms with Gasteiger partial charge in [-0.15, -0.1) is 0 Å². The van der Waals surface area contributed by atoms with Gasteiger partial charge in [0.05, 0.1) is 44.4 Å². The van der Waals surface area contributed by atoms with Crippen molar-refractivity contribution in [3.63, 3.8) is 0 Å². The number of allylic oxidation sites excluding steroid dienone is 5. The molecule has 0 aromatic carbocycles. The van der Waals surface area contributed by atoms with Gasteiger partial charge in [-0.25, -0.2) is 0 Å². The van der Waals surface area contributed by atoms with Crippen molar-refractivity contribution in [3.05, 3.63) is 60.3 Å². The van der Waals surface area contributed by atoms with Crippen LogP contribution in [0.5, 0.6) is 0 Å². The molecule has 2 saturated heterocycles. The van der Waals surface area contributed by atoms with E-state index >= 15 is 0 Å². The topological polar surface area (TPSA) is 71.1 Å². The summed E-state index contributed by atoms with van der Waals surface area (Å²) in [5.74, 6) is -0.148. The number of hydrogen-bond donors (Lipinski definition) is 0. The molecule has 3 heterocycles. The van der Waals surface area contributed by atoms with Gasteiger partial charge in [0, 0.05) is 12.3 Å². The van der Waals surface area contributed by atoms with Gasteiger partial charge in [0.2, 0.25) is 0 Å². The van der Waals surface area contributed by atoms with Gasteiger partial charge in [0.15, 0.2) is 0 Å². The minimum Gasteiger partial charge on any atom is -0.469 e. The molecule has 3 aliphatic rings. The van der Waals surface area contributed by atoms with E-state index in [0.717, 1.165) is 43.3 Å². The van der Waals surface area contributed by atoms with Crippen molar-refractivity contribution in [2.45, 2.75) is 109 Å². The summed E-state index contributed by atoms with van der Waals surface area (Å²) in [4.78, 5) is 24.4. The molecule has 6 heteroatoms. The molecule has 3 aliphatic heterocycles. The number of carbonyl (C=O) groups excluding carboxylic acids is 2. The molecule has 2 fully saturated rings. The van der Waals surface area contributed by atoms with Gasteiger partial charge in [-0.3, -0.25) is 9.59 Å². The van der Waals surface area contributed by atoms with E-state index in [4.69, 9.17) is 18.9 Å². The molecule has 3 rings (SSSR count). The summed E-state index contributed by atoms with van der Waals surface area (Å²) >= 11 is 0. The number of ether oxygens (including phenoxy) is 4. The van der Waals surface area contributed by atoms with Crippen LogP contribution in [0.2, 0.25) is 0 Å². The Balaban J connectivity index is 1.73. The highest BCUT2D eigenvalue weighted by Gasteiger charge is 2.32. The lowest BCUT2D eigenvalue weighted by Gasteiger charge is -2.37. The second-order valence-corrected chi connectivity index (χ2v) is 11.2. The Kier molecular flexibility index (Phi) is 12.1. The fourth-order valence-electron chi connectivity index (χ4n) is 5.47. The second kappa shape index (κ2) is 15.2. The summed E-state index contributed by atoms with van der Waals surface area (Å²) < 4.78 is 23.5. The first-order valence-corrected chi connectivity index (χ1v) is 14.1. The van der Waals surface area contributed by atoms with Gasteiger partial charge in [-0.1, -0.05) is 68.0 Å². The van der Waals surface area contributed by atoms with Crippen molar-refractivity contribution in [1.29, 1.82) is 0 Å². The van der Waals surface area contributed by atoms with Crippen molar-refractivity contribution in [3.8, 4) is 0 Å². The summed E-state index contributed by atoms with van der Waals surface area (Å²) in [7, 11) is 1.38. The van der Waals surface area contributed by atoms with Crippen LogP contribution in [0.1, 0.15) is 78.6 Å². The smallest absolute Gasteiger partial charge is 0.309 e. The van der Waals surface area contributed by atoms with Gasteiger partial charge >= 0.3 is 11.9 Å². The Morgan fingerprint density at radius 1 is 1.00 bits per heavy atom. The van der Waals surface area contributed by atoms with Crippen molar-refractivity contribution < 1.29 is 28.5 Å². The largest absolute Gasteiger partial charge is 0.469 e. The van der Waals surface area contributed by atoms with Gasteiger partial charge in [-0.05, 0) is 57.4 Å². The maximum Gasteiger partial charge on any atom is 0.309 e. The van der Waals surface area contributed by atoms with Gasteiger partial charge in [0.1, 0.15) is 6.10 Å². The summed E-state index contributed by atoms with van der Waals surface area (Å²) in [6.45, 7) is 10.4. The van der Waals surface area contributed by atoms with Crippen molar-refractivity contribution >= 4 is 11.9 Å². The highest BCUT2D eigenvalue weighted by atomic mass is 16.6. The first-order chi connectivity index (χ1) is 18.2. The predicted molar refractivity (Wildman–Crippen MR) is 149 cm³/mol. The van der Waals surface area contributed by atoms with E-state index in [-0.39, 0.29) is 55.1 Å². The molecule has 0 aliphatic carbocycles. The zero-order chi connectivity index (χ0) is 27.5. The molecule has 0 radical (unpaired) electrons. The fourth-order valence-corrected chi connectivity index (χ4v) is 5.47. The Morgan fingerprint density at radius 2 is 1.71 bits per heavy atom. The first kappa shape index (κ1) is 30.1. The SMILES string of the molecule is C=C1CC2CC(=O)OC(/C=C/C=C\C=C(/C)CC(=O)OC)C(C)/C=C/[C@H](C)CC3CCCC(CC(C1)O2)O3. The zero-order valence-electron chi connectivity index (χ0n) is 23.6. The van der Waals surface area contributed by atoms with Crippen LogP contribution in [0.15, 0.2) is 60.3 Å². The lowest BCUT2D eigenvalue weighted by Crippen LogP contribution is -2.37. The van der Waals surface area contributed by atoms with E-state index in [1.54, 1.807) is 0 Å². The molecule has 0 N–H and O–H groups in total. The third-order valence-corrected chi connectivity index (χ3v) is 7.49. The molecule has 210 valence electrons. The monoisotopic (exact) mass is 526 g/mol. The number of cyclic esters (lactones) is 1. The maximum absolute atomic E-state index is 13.0. The van der Waals surface area contributed by atoms with Crippen molar-refractivity contribution in [2.24, 2.45) is 11.8 Å². The third kappa shape index (κ3) is 10.4. The number of hydrogen-bond acceptors (Lipinski definition) is 6. The van der Waals surface area contributed by atoms with Crippen LogP contribution >= 0.6 is 0 Å². The molecule has 0 aromatic rings. The average molecular weight is 527 g/mol. The Bertz CT molecular complexity index is 928. The van der Waals surface area contributed by atoms with E-state index in [0.29, 0.717) is 12.3 Å². The van der Waals surface area contributed by atoms with Crippen LogP contribution in [0, 0.1) is 11.8 Å². The van der Waals surface area contributed by atoms with Crippen LogP contribution in [-0.4, -0.2) is 49.6 Å². The van der Waals surface area contributed by atoms with Crippen LogP contribution < -0.4 is 0 Å². The molecule has 6 nitrogen and oxygen atoms in total. The molecule has 0 aromatic heterocycles. The molecule has 38 heavy (non-hydrogen) atoms. The summed E-state index contributed by atoms with van der Waals surface area (Å²) in [5.41, 5.74) is 2.04. The van der Waals surface area contributed by atoms with Crippen LogP contribution in [0.25, 0.3) is 0 Å². The van der Waals surface area contributed by atoms with E-state index in [1.807, 2.05) is 37.3 Å². The maximum atomic E-state index is 13.0. The quantitative estimate of drug-likeness (QED) is 0.229. The molecule has 0 saturated carbocycles. The van der Waals surface area contributed by atoms with Gasteiger partial charge < -0.3 is 18.9 Å². The molecule has 7 atom stereocenters. The summed E-state index contributed by atoms with van der Waals surface area (Å²) in [6, 6.07) is 0. The Morgan fingerprint density at radius 3 is 2.47 bits per heavy atom. The Hall–Kier alpha value is -2.44. The standard InChI is InChI=1S/C32H46O6/c1-22(19-31(33)35-5)10-7-6-8-13-30-25(4)15-14-23(2)16-26-11-9-12-27(36-26)20-28-17-24(3)18-29(37-28)21-32(34)38-30/h6-8,10,13-15,23,25-30H,3,9,11-12,16-21H2,1-2,4-5H3/b7-6-,13-8+,15-14+,22-10+/t23-,25?,26?,27?,28?,29?,30?/m0/s1. The van der Waals surface area contributed by atoms with Crippen molar-refractivity contribution in [1.82, 2.24) is 0 Å². The predicted octanol–water partition coefficient (Wildman–Crippen LogP) is 6.57. The van der Waals surface area contributed by atoms with E-state index < -0.39 is 6.10 Å². The number of esters is 2. The first-order valence-electron chi connectivity index (χ1n) is 14.1. The van der Waals surface area contributed by atoms with Gasteiger partial charge in [0.25, 0.3) is 0 Å². The van der Waals surface area contributed by atoms with E-state index in [1.165, 1.54) is 13.5 Å². The average Bonchev–Trinajstić information content (AvgIpc) is 2.85. The third-order valence-electron chi connectivity index (χ3n) is 7.49. The van der Waals surface area contributed by atoms with Crippen LogP contribution in [0.4, 0.5) is 0 Å². The van der Waals surface area contributed by atoms with Crippen LogP contribution in [-0.2, 0) is 28.5 Å². The van der Waals surface area contributed by atoms with Gasteiger partial charge in [-0.2, -0.15) is 0 Å². The second-order valence-electron chi connectivity index (χ2n) is 11.2. The molecular formula is C32H46O6. The van der Waals surface area contributed by atoms with Crippen LogP contribution in [0.3, 0.4) is 0 Å². The summed E-state index contributed by atoms with van der Waals surface area (Å²) in [5, 5.41) is 0. The lowest BCUT2D eigenvalue weighted by molar-refractivity contribution is -0.154. The number of carbonyl (C=O) groups is 2. The highest BCUT2D eigenvalue weighted by Crippen LogP contribution is 2.33. The molecule has 6 unspecified atom stereocenters. The lowest BCUT2D eigenvalue weighted by atomic mass is 9.90. The normalized spacial score (nSPS) is 34.7. The van der Waals surface area contributed by atoms with E-state index in [9.17, 15) is 9.59 Å². The molecule has 4 bridgehead atoms. The number of fused-ring (bicyclic) bond motifs is 4. The summed E-state index contributed by atoms with van der Waals surface area (Å²) in [6.07, 6.45) is 20.9. The number of methoxy groups -OCH3 is 1. The van der Waals surface area contributed by atoms with Crippen molar-refractivity contribution in [2.75, 3.05) is 7.11 Å². The molecular weight excluding hydrogens is 480 g/mol. The molecule has 0 amide bonds. The highest BCUT2D eigenvalue weighted by molar-refractivity contribution is 5.72. The fraction of sp³-hybridized carbons (Fsp3) is 0.625. The molecule has 0 spiro atoms. The number of rotatable bonds is 5.